The summed E-state index contributed by atoms with van der Waals surface area (Å²) < 4.78 is 6.81. The first-order chi connectivity index (χ1) is 12.9. The van der Waals surface area contributed by atoms with Gasteiger partial charge in [0.15, 0.2) is 0 Å². The molecule has 1 amide bonds. The van der Waals surface area contributed by atoms with Crippen LogP contribution in [-0.4, -0.2) is 23.1 Å². The fourth-order valence-corrected chi connectivity index (χ4v) is 3.36. The molecule has 7 heteroatoms. The number of halogens is 2. The fourth-order valence-electron chi connectivity index (χ4n) is 2.90. The van der Waals surface area contributed by atoms with Gasteiger partial charge in [-0.25, -0.2) is 0 Å². The highest BCUT2D eigenvalue weighted by molar-refractivity contribution is 6.36. The summed E-state index contributed by atoms with van der Waals surface area (Å²) in [5, 5.41) is 4.27. The van der Waals surface area contributed by atoms with Gasteiger partial charge in [0, 0.05) is 29.2 Å². The van der Waals surface area contributed by atoms with E-state index >= 15 is 0 Å². The predicted molar refractivity (Wildman–Crippen MR) is 108 cm³/mol. The molecular formula is C20H18Cl2N2O3. The predicted octanol–water partition coefficient (Wildman–Crippen LogP) is 4.84. The molecule has 0 saturated heterocycles. The summed E-state index contributed by atoms with van der Waals surface area (Å²) in [7, 11) is 1.88. The molecule has 3 rings (SSSR count). The van der Waals surface area contributed by atoms with Gasteiger partial charge in [-0.2, -0.15) is 0 Å². The largest absolute Gasteiger partial charge is 0.466 e. The van der Waals surface area contributed by atoms with Crippen LogP contribution in [0.15, 0.2) is 42.6 Å². The van der Waals surface area contributed by atoms with Crippen LogP contribution >= 0.6 is 23.2 Å². The fraction of sp³-hybridized carbons (Fsp3) is 0.200. The van der Waals surface area contributed by atoms with Crippen LogP contribution in [0.1, 0.15) is 22.8 Å². The van der Waals surface area contributed by atoms with Crippen LogP contribution in [0.25, 0.3) is 10.9 Å². The molecule has 1 N–H and O–H groups in total. The summed E-state index contributed by atoms with van der Waals surface area (Å²) >= 11 is 12.5. The second-order valence-electron chi connectivity index (χ2n) is 6.03. The van der Waals surface area contributed by atoms with E-state index in [0.717, 1.165) is 10.9 Å². The van der Waals surface area contributed by atoms with Gasteiger partial charge in [-0.1, -0.05) is 41.4 Å². The Morgan fingerprint density at radius 3 is 2.63 bits per heavy atom. The average Bonchev–Trinajstić information content (AvgIpc) is 2.97. The normalized spacial score (nSPS) is 10.8. The van der Waals surface area contributed by atoms with Gasteiger partial charge in [-0.15, -0.1) is 0 Å². The highest BCUT2D eigenvalue weighted by Gasteiger charge is 2.17. The van der Waals surface area contributed by atoms with Gasteiger partial charge in [-0.05, 0) is 30.7 Å². The lowest BCUT2D eigenvalue weighted by atomic mass is 10.1. The Balaban J connectivity index is 1.86. The van der Waals surface area contributed by atoms with Crippen molar-refractivity contribution in [1.29, 1.82) is 0 Å². The van der Waals surface area contributed by atoms with Crippen molar-refractivity contribution in [3.63, 3.8) is 0 Å². The van der Waals surface area contributed by atoms with Gasteiger partial charge < -0.3 is 14.6 Å². The molecule has 0 saturated carbocycles. The molecule has 0 aliphatic carbocycles. The summed E-state index contributed by atoms with van der Waals surface area (Å²) in [6.45, 7) is 2.03. The molecule has 27 heavy (non-hydrogen) atoms. The highest BCUT2D eigenvalue weighted by atomic mass is 35.5. The van der Waals surface area contributed by atoms with Crippen LogP contribution in [-0.2, 0) is 23.0 Å². The number of esters is 1. The number of benzene rings is 2. The Morgan fingerprint density at radius 2 is 1.89 bits per heavy atom. The number of aromatic nitrogens is 1. The van der Waals surface area contributed by atoms with Crippen LogP contribution in [0.5, 0.6) is 0 Å². The zero-order valence-electron chi connectivity index (χ0n) is 14.9. The molecular weight excluding hydrogens is 387 g/mol. The van der Waals surface area contributed by atoms with E-state index in [2.05, 4.69) is 5.32 Å². The van der Waals surface area contributed by atoms with Crippen molar-refractivity contribution >= 4 is 51.7 Å². The number of hydrogen-bond donors (Lipinski definition) is 1. The number of anilines is 1. The van der Waals surface area contributed by atoms with Crippen molar-refractivity contribution in [3.8, 4) is 0 Å². The summed E-state index contributed by atoms with van der Waals surface area (Å²) in [4.78, 5) is 24.4. The van der Waals surface area contributed by atoms with Crippen molar-refractivity contribution in [3.05, 3.63) is 63.8 Å². The van der Waals surface area contributed by atoms with Crippen molar-refractivity contribution in [2.45, 2.75) is 13.3 Å². The maximum absolute atomic E-state index is 12.8. The van der Waals surface area contributed by atoms with Crippen molar-refractivity contribution in [2.24, 2.45) is 7.05 Å². The maximum Gasteiger partial charge on any atom is 0.310 e. The number of carbonyl (C=O) groups is 2. The van der Waals surface area contributed by atoms with Crippen LogP contribution in [0.2, 0.25) is 10.0 Å². The minimum Gasteiger partial charge on any atom is -0.466 e. The van der Waals surface area contributed by atoms with Crippen molar-refractivity contribution < 1.29 is 14.3 Å². The van der Waals surface area contributed by atoms with Gasteiger partial charge in [0.1, 0.15) is 0 Å². The Bertz CT molecular complexity index is 1030. The summed E-state index contributed by atoms with van der Waals surface area (Å²) in [5.74, 6) is -0.675. The van der Waals surface area contributed by atoms with Crippen molar-refractivity contribution in [1.82, 2.24) is 4.57 Å². The molecule has 3 aromatic rings. The van der Waals surface area contributed by atoms with Crippen LogP contribution in [0, 0.1) is 0 Å². The summed E-state index contributed by atoms with van der Waals surface area (Å²) in [6, 6.07) is 10.7. The molecule has 140 valence electrons. The number of nitrogens with one attached hydrogen (secondary N) is 1. The third kappa shape index (κ3) is 4.10. The first kappa shape index (κ1) is 19.3. The van der Waals surface area contributed by atoms with E-state index < -0.39 is 0 Å². The Labute approximate surface area is 166 Å². The number of amides is 1. The number of aryl methyl sites for hydroxylation is 1. The summed E-state index contributed by atoms with van der Waals surface area (Å²) in [5.41, 5.74) is 2.42. The number of nitrogens with zero attached hydrogens (tertiary/aromatic N) is 1. The minimum atomic E-state index is -0.386. The average molecular weight is 405 g/mol. The second-order valence-corrected chi connectivity index (χ2v) is 6.84. The number of para-hydroxylation sites is 1. The molecule has 2 aromatic carbocycles. The molecule has 0 radical (unpaired) electrons. The number of hydrogen-bond acceptors (Lipinski definition) is 3. The number of rotatable bonds is 5. The zero-order chi connectivity index (χ0) is 19.6. The molecule has 5 nitrogen and oxygen atoms in total. The monoisotopic (exact) mass is 404 g/mol. The lowest BCUT2D eigenvalue weighted by molar-refractivity contribution is -0.142. The first-order valence-electron chi connectivity index (χ1n) is 8.39. The second kappa shape index (κ2) is 8.03. The van der Waals surface area contributed by atoms with E-state index in [9.17, 15) is 9.59 Å². The Hall–Kier alpha value is -2.50. The van der Waals surface area contributed by atoms with E-state index in [4.69, 9.17) is 27.9 Å². The van der Waals surface area contributed by atoms with Crippen LogP contribution in [0.4, 0.5) is 5.69 Å². The number of carbonyl (C=O) groups excluding carboxylic acids is 2. The van der Waals surface area contributed by atoms with E-state index in [1.54, 1.807) is 25.3 Å². The Morgan fingerprint density at radius 1 is 1.15 bits per heavy atom. The van der Waals surface area contributed by atoms with Gasteiger partial charge in [0.2, 0.25) is 0 Å². The van der Waals surface area contributed by atoms with Gasteiger partial charge in [0.25, 0.3) is 5.91 Å². The molecule has 0 fully saturated rings. The molecule has 0 unspecified atom stereocenters. The lowest BCUT2D eigenvalue weighted by Crippen LogP contribution is -2.13. The first-order valence-corrected chi connectivity index (χ1v) is 9.15. The quantitative estimate of drug-likeness (QED) is 0.618. The molecule has 0 spiro atoms. The summed E-state index contributed by atoms with van der Waals surface area (Å²) in [6.07, 6.45) is 1.79. The van der Waals surface area contributed by atoms with Gasteiger partial charge in [-0.3, -0.25) is 9.59 Å². The molecule has 1 heterocycles. The van der Waals surface area contributed by atoms with Crippen LogP contribution in [0.3, 0.4) is 0 Å². The topological polar surface area (TPSA) is 60.3 Å². The lowest BCUT2D eigenvalue weighted by Gasteiger charge is -2.11. The zero-order valence-corrected chi connectivity index (χ0v) is 16.4. The van der Waals surface area contributed by atoms with Gasteiger partial charge in [0.05, 0.1) is 29.3 Å². The maximum atomic E-state index is 12.8. The van der Waals surface area contributed by atoms with E-state index in [1.807, 2.05) is 35.9 Å². The van der Waals surface area contributed by atoms with Gasteiger partial charge >= 0.3 is 5.97 Å². The molecule has 0 atom stereocenters. The minimum absolute atomic E-state index is 0.0178. The van der Waals surface area contributed by atoms with Crippen LogP contribution < -0.4 is 5.32 Å². The SMILES string of the molecule is CCOC(=O)Cc1cc(Cl)c(NC(=O)c2cn(C)c3ccccc23)cc1Cl. The van der Waals surface area contributed by atoms with Crippen molar-refractivity contribution in [2.75, 3.05) is 11.9 Å². The molecule has 0 aliphatic rings. The number of fused-ring (bicyclic) bond motifs is 1. The third-order valence-electron chi connectivity index (χ3n) is 4.17. The number of ether oxygens (including phenoxy) is 1. The van der Waals surface area contributed by atoms with E-state index in [0.29, 0.717) is 33.5 Å². The molecule has 0 bridgehead atoms. The van der Waals surface area contributed by atoms with E-state index in [1.165, 1.54) is 0 Å². The molecule has 0 aliphatic heterocycles. The smallest absolute Gasteiger partial charge is 0.310 e. The standard InChI is InChI=1S/C20H18Cl2N2O3/c1-3-27-19(25)9-12-8-16(22)17(10-15(12)21)23-20(26)14-11-24(2)18-7-5-4-6-13(14)18/h4-8,10-11H,3,9H2,1-2H3,(H,23,26). The van der Waals surface area contributed by atoms with E-state index in [-0.39, 0.29) is 18.3 Å². The Kier molecular flexibility index (Phi) is 5.73. The third-order valence-corrected chi connectivity index (χ3v) is 4.83. The molecule has 1 aromatic heterocycles. The highest BCUT2D eigenvalue weighted by Crippen LogP contribution is 2.31.